The minimum absolute atomic E-state index is 0.175. The Kier molecular flexibility index (Phi) is 2.22. The molecule has 1 aliphatic rings. The molecule has 0 spiro atoms. The molecule has 16 heavy (non-hydrogen) atoms. The van der Waals surface area contributed by atoms with Gasteiger partial charge in [0.2, 0.25) is 0 Å². The second-order valence-electron chi connectivity index (χ2n) is 5.00. The summed E-state index contributed by atoms with van der Waals surface area (Å²) in [5.41, 5.74) is -0.0726. The second-order valence-corrected chi connectivity index (χ2v) is 5.00. The van der Waals surface area contributed by atoms with Crippen molar-refractivity contribution in [2.24, 2.45) is 5.41 Å². The standard InChI is InChI=1S/C13H16O3/c1-12(2)8-13(12,11(14)15)9-5-4-6-10(7-9)16-3/h4-7H,8H2,1-3H3,(H,14,15)/t13-/m1/s1. The van der Waals surface area contributed by atoms with Crippen molar-refractivity contribution in [1.82, 2.24) is 0 Å². The summed E-state index contributed by atoms with van der Waals surface area (Å²) in [7, 11) is 1.59. The summed E-state index contributed by atoms with van der Waals surface area (Å²) in [6.45, 7) is 3.97. The van der Waals surface area contributed by atoms with Gasteiger partial charge in [-0.25, -0.2) is 0 Å². The lowest BCUT2D eigenvalue weighted by Crippen LogP contribution is -2.25. The molecular formula is C13H16O3. The molecule has 1 atom stereocenters. The molecule has 0 saturated heterocycles. The molecule has 0 amide bonds. The third-order valence-electron chi connectivity index (χ3n) is 3.67. The number of benzene rings is 1. The maximum atomic E-state index is 11.5. The highest BCUT2D eigenvalue weighted by molar-refractivity contribution is 5.87. The zero-order chi connectivity index (χ0) is 12.0. The number of ether oxygens (including phenoxy) is 1. The van der Waals surface area contributed by atoms with Crippen LogP contribution in [-0.2, 0) is 10.2 Å². The smallest absolute Gasteiger partial charge is 0.314 e. The maximum Gasteiger partial charge on any atom is 0.314 e. The molecule has 3 nitrogen and oxygen atoms in total. The summed E-state index contributed by atoms with van der Waals surface area (Å²) in [5, 5.41) is 9.42. The Balaban J connectivity index is 2.47. The fourth-order valence-corrected chi connectivity index (χ4v) is 2.49. The van der Waals surface area contributed by atoms with E-state index in [9.17, 15) is 9.90 Å². The Bertz CT molecular complexity index is 437. The van der Waals surface area contributed by atoms with Crippen LogP contribution in [0.25, 0.3) is 0 Å². The maximum absolute atomic E-state index is 11.5. The first kappa shape index (κ1) is 11.0. The average molecular weight is 220 g/mol. The van der Waals surface area contributed by atoms with Gasteiger partial charge >= 0.3 is 5.97 Å². The summed E-state index contributed by atoms with van der Waals surface area (Å²) < 4.78 is 5.13. The number of aliphatic carboxylic acids is 1. The van der Waals surface area contributed by atoms with Gasteiger partial charge in [-0.2, -0.15) is 0 Å². The van der Waals surface area contributed by atoms with Crippen molar-refractivity contribution in [3.05, 3.63) is 29.8 Å². The van der Waals surface area contributed by atoms with Crippen LogP contribution in [0.1, 0.15) is 25.8 Å². The number of carbonyl (C=O) groups is 1. The second kappa shape index (κ2) is 3.24. The van der Waals surface area contributed by atoms with Gasteiger partial charge in [-0.3, -0.25) is 4.79 Å². The summed E-state index contributed by atoms with van der Waals surface area (Å²) in [5.74, 6) is -0.0356. The molecular weight excluding hydrogens is 204 g/mol. The van der Waals surface area contributed by atoms with E-state index in [1.54, 1.807) is 7.11 Å². The summed E-state index contributed by atoms with van der Waals surface area (Å²) >= 11 is 0. The fourth-order valence-electron chi connectivity index (χ4n) is 2.49. The lowest BCUT2D eigenvalue weighted by Gasteiger charge is -2.16. The zero-order valence-electron chi connectivity index (χ0n) is 9.78. The number of carboxylic acid groups (broad SMARTS) is 1. The van der Waals surface area contributed by atoms with Crippen molar-refractivity contribution < 1.29 is 14.6 Å². The number of carboxylic acids is 1. The molecule has 0 bridgehead atoms. The first-order valence-corrected chi connectivity index (χ1v) is 5.32. The Hall–Kier alpha value is -1.51. The van der Waals surface area contributed by atoms with Crippen molar-refractivity contribution in [2.45, 2.75) is 25.7 Å². The van der Waals surface area contributed by atoms with E-state index >= 15 is 0 Å². The lowest BCUT2D eigenvalue weighted by atomic mass is 9.88. The van der Waals surface area contributed by atoms with E-state index < -0.39 is 11.4 Å². The summed E-state index contributed by atoms with van der Waals surface area (Å²) in [6.07, 6.45) is 0.683. The Labute approximate surface area is 95.0 Å². The van der Waals surface area contributed by atoms with Crippen molar-refractivity contribution >= 4 is 5.97 Å². The number of hydrogen-bond acceptors (Lipinski definition) is 2. The van der Waals surface area contributed by atoms with E-state index in [1.807, 2.05) is 38.1 Å². The molecule has 0 aliphatic heterocycles. The summed E-state index contributed by atoms with van der Waals surface area (Å²) in [4.78, 5) is 11.5. The lowest BCUT2D eigenvalue weighted by molar-refractivity contribution is -0.141. The molecule has 1 aromatic carbocycles. The third-order valence-corrected chi connectivity index (χ3v) is 3.67. The summed E-state index contributed by atoms with van der Waals surface area (Å²) in [6, 6.07) is 7.36. The zero-order valence-corrected chi connectivity index (χ0v) is 9.78. The fraction of sp³-hybridized carbons (Fsp3) is 0.462. The van der Waals surface area contributed by atoms with Crippen LogP contribution in [0.4, 0.5) is 0 Å². The van der Waals surface area contributed by atoms with E-state index in [0.717, 1.165) is 5.56 Å². The molecule has 1 fully saturated rings. The van der Waals surface area contributed by atoms with Crippen LogP contribution >= 0.6 is 0 Å². The third kappa shape index (κ3) is 1.31. The van der Waals surface area contributed by atoms with Crippen molar-refractivity contribution in [3.8, 4) is 5.75 Å². The highest BCUT2D eigenvalue weighted by Crippen LogP contribution is 2.64. The Morgan fingerprint density at radius 2 is 2.06 bits per heavy atom. The molecule has 1 saturated carbocycles. The molecule has 1 N–H and O–H groups in total. The minimum Gasteiger partial charge on any atom is -0.497 e. The normalized spacial score (nSPS) is 26.2. The monoisotopic (exact) mass is 220 g/mol. The SMILES string of the molecule is COc1cccc([C@@]2(C(=O)O)CC2(C)C)c1. The van der Waals surface area contributed by atoms with Crippen molar-refractivity contribution in [3.63, 3.8) is 0 Å². The highest BCUT2D eigenvalue weighted by Gasteiger charge is 2.67. The van der Waals surface area contributed by atoms with Crippen LogP contribution in [0.15, 0.2) is 24.3 Å². The van der Waals surface area contributed by atoms with Gasteiger partial charge in [-0.1, -0.05) is 26.0 Å². The van der Waals surface area contributed by atoms with Gasteiger partial charge in [-0.15, -0.1) is 0 Å². The van der Waals surface area contributed by atoms with Crippen LogP contribution in [-0.4, -0.2) is 18.2 Å². The molecule has 2 rings (SSSR count). The van der Waals surface area contributed by atoms with E-state index in [-0.39, 0.29) is 5.41 Å². The van der Waals surface area contributed by atoms with E-state index in [2.05, 4.69) is 0 Å². The van der Waals surface area contributed by atoms with Crippen LogP contribution in [0, 0.1) is 5.41 Å². The molecule has 0 aromatic heterocycles. The molecule has 86 valence electrons. The molecule has 0 radical (unpaired) electrons. The number of methoxy groups -OCH3 is 1. The predicted molar refractivity (Wildman–Crippen MR) is 60.7 cm³/mol. The van der Waals surface area contributed by atoms with Gasteiger partial charge in [0.15, 0.2) is 0 Å². The number of rotatable bonds is 3. The van der Waals surface area contributed by atoms with E-state index in [1.165, 1.54) is 0 Å². The van der Waals surface area contributed by atoms with Gasteiger partial charge in [0, 0.05) is 0 Å². The first-order valence-electron chi connectivity index (χ1n) is 5.32. The van der Waals surface area contributed by atoms with Crippen molar-refractivity contribution in [2.75, 3.05) is 7.11 Å². The van der Waals surface area contributed by atoms with E-state index in [0.29, 0.717) is 12.2 Å². The molecule has 1 aliphatic carbocycles. The molecule has 1 aromatic rings. The van der Waals surface area contributed by atoms with Gasteiger partial charge in [0.05, 0.1) is 12.5 Å². The minimum atomic E-state index is -0.745. The van der Waals surface area contributed by atoms with Gasteiger partial charge in [0.25, 0.3) is 0 Å². The van der Waals surface area contributed by atoms with Crippen LogP contribution < -0.4 is 4.74 Å². The molecule has 0 unspecified atom stereocenters. The van der Waals surface area contributed by atoms with Crippen LogP contribution in [0.5, 0.6) is 5.75 Å². The van der Waals surface area contributed by atoms with Crippen LogP contribution in [0.2, 0.25) is 0 Å². The van der Waals surface area contributed by atoms with Gasteiger partial charge in [-0.05, 0) is 29.5 Å². The Morgan fingerprint density at radius 1 is 1.44 bits per heavy atom. The largest absolute Gasteiger partial charge is 0.497 e. The average Bonchev–Trinajstić information content (AvgIpc) is 2.83. The quantitative estimate of drug-likeness (QED) is 0.851. The van der Waals surface area contributed by atoms with Gasteiger partial charge < -0.3 is 9.84 Å². The topological polar surface area (TPSA) is 46.5 Å². The van der Waals surface area contributed by atoms with E-state index in [4.69, 9.17) is 4.74 Å². The Morgan fingerprint density at radius 3 is 2.50 bits per heavy atom. The van der Waals surface area contributed by atoms with Crippen LogP contribution in [0.3, 0.4) is 0 Å². The number of hydrogen-bond donors (Lipinski definition) is 1. The molecule has 3 heteroatoms. The molecule has 0 heterocycles. The highest BCUT2D eigenvalue weighted by atomic mass is 16.5. The van der Waals surface area contributed by atoms with Gasteiger partial charge in [0.1, 0.15) is 5.75 Å². The predicted octanol–water partition coefficient (Wildman–Crippen LogP) is 2.45. The van der Waals surface area contributed by atoms with Crippen molar-refractivity contribution in [1.29, 1.82) is 0 Å². The first-order chi connectivity index (χ1) is 7.44.